The maximum Gasteiger partial charge on any atom is 0.306 e. The summed E-state index contributed by atoms with van der Waals surface area (Å²) in [7, 11) is 0. The molecule has 79 heavy (non-hydrogen) atoms. The highest BCUT2D eigenvalue weighted by Crippen LogP contribution is 2.16. The number of hydrogen-bond acceptors (Lipinski definition) is 6. The summed E-state index contributed by atoms with van der Waals surface area (Å²) in [5, 5.41) is 0. The fraction of sp³-hybridized carbons (Fsp3) is 0.712. The van der Waals surface area contributed by atoms with Crippen molar-refractivity contribution in [3.63, 3.8) is 0 Å². The Kier molecular flexibility index (Phi) is 63.3. The fourth-order valence-corrected chi connectivity index (χ4v) is 9.22. The summed E-state index contributed by atoms with van der Waals surface area (Å²) in [5.41, 5.74) is 0. The van der Waals surface area contributed by atoms with Gasteiger partial charge in [0, 0.05) is 19.3 Å². The van der Waals surface area contributed by atoms with Crippen LogP contribution < -0.4 is 0 Å². The van der Waals surface area contributed by atoms with Gasteiger partial charge in [-0.05, 0) is 122 Å². The van der Waals surface area contributed by atoms with Crippen molar-refractivity contribution in [2.45, 2.75) is 322 Å². The van der Waals surface area contributed by atoms with Gasteiger partial charge >= 0.3 is 17.9 Å². The second kappa shape index (κ2) is 66.6. The first-order valence-corrected chi connectivity index (χ1v) is 33.4. The molecule has 0 aliphatic rings. The van der Waals surface area contributed by atoms with Crippen molar-refractivity contribution < 1.29 is 28.6 Å². The molecule has 0 amide bonds. The van der Waals surface area contributed by atoms with Gasteiger partial charge in [-0.15, -0.1) is 0 Å². The Bertz CT molecular complexity index is 1590. The van der Waals surface area contributed by atoms with Crippen LogP contribution in [-0.4, -0.2) is 37.2 Å². The van der Waals surface area contributed by atoms with E-state index < -0.39 is 6.10 Å². The van der Waals surface area contributed by atoms with Gasteiger partial charge in [0.25, 0.3) is 0 Å². The van der Waals surface area contributed by atoms with Crippen LogP contribution in [-0.2, 0) is 28.6 Å². The Morgan fingerprint density at radius 3 is 0.823 bits per heavy atom. The molecule has 0 aliphatic carbocycles. The second-order valence-electron chi connectivity index (χ2n) is 22.0. The van der Waals surface area contributed by atoms with Gasteiger partial charge in [0.1, 0.15) is 13.2 Å². The van der Waals surface area contributed by atoms with Gasteiger partial charge in [-0.25, -0.2) is 0 Å². The van der Waals surface area contributed by atoms with Crippen molar-refractivity contribution in [2.24, 2.45) is 0 Å². The quantitative estimate of drug-likeness (QED) is 0.0261. The van der Waals surface area contributed by atoms with Crippen LogP contribution >= 0.6 is 0 Å². The molecule has 1 unspecified atom stereocenters. The third-order valence-electron chi connectivity index (χ3n) is 14.2. The van der Waals surface area contributed by atoms with Crippen LogP contribution in [0.3, 0.4) is 0 Å². The van der Waals surface area contributed by atoms with Crippen molar-refractivity contribution in [3.8, 4) is 0 Å². The Morgan fingerprint density at radius 1 is 0.266 bits per heavy atom. The Hall–Kier alpha value is -3.93. The van der Waals surface area contributed by atoms with Crippen molar-refractivity contribution in [1.29, 1.82) is 0 Å². The van der Waals surface area contributed by atoms with Crippen LogP contribution in [0.2, 0.25) is 0 Å². The average Bonchev–Trinajstić information content (AvgIpc) is 3.45. The van der Waals surface area contributed by atoms with Crippen LogP contribution in [0.15, 0.2) is 109 Å². The summed E-state index contributed by atoms with van der Waals surface area (Å²) in [6.45, 7) is 6.49. The maximum atomic E-state index is 12.9. The SMILES string of the molecule is CC/C=C\C/C=C\C/C=C\C/C=C\C/C=C\C/C=C\C/C=C\CCCCCCCC(=O)OCC(COC(=O)CCCCCCC/C=C\CCCC)OC(=O)CCCCCCCCCCCCC/C=C\CCCCCCCCCC. The van der Waals surface area contributed by atoms with Crippen molar-refractivity contribution in [3.05, 3.63) is 109 Å². The van der Waals surface area contributed by atoms with E-state index in [9.17, 15) is 14.4 Å². The smallest absolute Gasteiger partial charge is 0.306 e. The predicted octanol–water partition coefficient (Wildman–Crippen LogP) is 23.0. The molecule has 0 aromatic rings. The van der Waals surface area contributed by atoms with Crippen LogP contribution in [0.4, 0.5) is 0 Å². The molecule has 0 aromatic carbocycles. The standard InChI is InChI=1S/C73H124O6/c1-4-7-10-13-16-19-22-24-26-28-30-32-34-35-36-37-39-40-42-44-46-48-51-54-57-60-63-66-72(75)78-69-70(68-77-71(74)65-62-59-56-53-50-21-18-15-12-9-6-3)79-73(76)67-64-61-58-55-52-49-47-45-43-41-38-33-31-29-27-25-23-20-17-14-11-8-5-2/h7,10,15-16,18-19,24,26,29-32,35-36,39-40,44,46,70H,4-6,8-9,11-14,17,20-23,25,27-28,33-34,37-38,41-43,45,47-69H2,1-3H3/b10-7-,18-15-,19-16-,26-24-,31-29-,32-30-,36-35-,40-39-,46-44-. The monoisotopic (exact) mass is 1100 g/mol. The molecule has 0 N–H and O–H groups in total. The molecular weight excluding hydrogens is 973 g/mol. The minimum absolute atomic E-state index is 0.0888. The highest BCUT2D eigenvalue weighted by Gasteiger charge is 2.19. The molecule has 0 saturated carbocycles. The number of allylic oxidation sites excluding steroid dienone is 18. The first kappa shape index (κ1) is 75.1. The summed E-state index contributed by atoms with van der Waals surface area (Å²) >= 11 is 0. The summed E-state index contributed by atoms with van der Waals surface area (Å²) in [6, 6.07) is 0. The largest absolute Gasteiger partial charge is 0.462 e. The molecule has 0 radical (unpaired) electrons. The van der Waals surface area contributed by atoms with E-state index in [1.54, 1.807) is 0 Å². The van der Waals surface area contributed by atoms with Gasteiger partial charge in [-0.3, -0.25) is 14.4 Å². The molecule has 6 heteroatoms. The minimum atomic E-state index is -0.792. The molecule has 0 aromatic heterocycles. The number of unbranched alkanes of at least 4 members (excludes halogenated alkanes) is 31. The average molecular weight is 1100 g/mol. The van der Waals surface area contributed by atoms with Crippen LogP contribution in [0.1, 0.15) is 316 Å². The van der Waals surface area contributed by atoms with E-state index in [-0.39, 0.29) is 31.1 Å². The highest BCUT2D eigenvalue weighted by molar-refractivity contribution is 5.71. The fourth-order valence-electron chi connectivity index (χ4n) is 9.22. The van der Waals surface area contributed by atoms with E-state index in [0.717, 1.165) is 128 Å². The van der Waals surface area contributed by atoms with E-state index in [2.05, 4.69) is 130 Å². The van der Waals surface area contributed by atoms with Gasteiger partial charge in [0.15, 0.2) is 6.10 Å². The van der Waals surface area contributed by atoms with Crippen LogP contribution in [0.25, 0.3) is 0 Å². The summed E-state index contributed by atoms with van der Waals surface area (Å²) in [6.07, 6.45) is 91.0. The zero-order valence-corrected chi connectivity index (χ0v) is 51.9. The van der Waals surface area contributed by atoms with E-state index >= 15 is 0 Å². The van der Waals surface area contributed by atoms with E-state index in [1.165, 1.54) is 148 Å². The topological polar surface area (TPSA) is 78.9 Å². The summed E-state index contributed by atoms with van der Waals surface area (Å²) in [4.78, 5) is 38.3. The minimum Gasteiger partial charge on any atom is -0.462 e. The van der Waals surface area contributed by atoms with E-state index in [4.69, 9.17) is 14.2 Å². The normalized spacial score (nSPS) is 12.8. The molecule has 0 heterocycles. The number of carbonyl (C=O) groups excluding carboxylic acids is 3. The third kappa shape index (κ3) is 64.8. The third-order valence-corrected chi connectivity index (χ3v) is 14.2. The number of rotatable bonds is 60. The molecule has 0 spiro atoms. The van der Waals surface area contributed by atoms with Crippen LogP contribution in [0, 0.1) is 0 Å². The molecule has 0 fully saturated rings. The summed E-state index contributed by atoms with van der Waals surface area (Å²) in [5.74, 6) is -0.910. The highest BCUT2D eigenvalue weighted by atomic mass is 16.6. The van der Waals surface area contributed by atoms with Crippen LogP contribution in [0.5, 0.6) is 0 Å². The number of esters is 3. The second-order valence-corrected chi connectivity index (χ2v) is 22.0. The Balaban J connectivity index is 4.32. The molecular formula is C73H124O6. The van der Waals surface area contributed by atoms with Gasteiger partial charge in [0.2, 0.25) is 0 Å². The lowest BCUT2D eigenvalue weighted by Crippen LogP contribution is -2.30. The van der Waals surface area contributed by atoms with Crippen molar-refractivity contribution in [1.82, 2.24) is 0 Å². The van der Waals surface area contributed by atoms with Gasteiger partial charge in [-0.1, -0.05) is 284 Å². The van der Waals surface area contributed by atoms with E-state index in [1.807, 2.05) is 0 Å². The molecule has 0 aliphatic heterocycles. The van der Waals surface area contributed by atoms with Gasteiger partial charge in [0.05, 0.1) is 0 Å². The zero-order valence-electron chi connectivity index (χ0n) is 51.9. The number of ether oxygens (including phenoxy) is 3. The van der Waals surface area contributed by atoms with Gasteiger partial charge < -0.3 is 14.2 Å². The predicted molar refractivity (Wildman–Crippen MR) is 343 cm³/mol. The molecule has 0 rings (SSSR count). The Labute approximate surface area is 489 Å². The lowest BCUT2D eigenvalue weighted by molar-refractivity contribution is -0.167. The first-order chi connectivity index (χ1) is 39.0. The zero-order chi connectivity index (χ0) is 57.1. The van der Waals surface area contributed by atoms with Gasteiger partial charge in [-0.2, -0.15) is 0 Å². The molecule has 6 nitrogen and oxygen atoms in total. The lowest BCUT2D eigenvalue weighted by atomic mass is 10.0. The molecule has 452 valence electrons. The number of carbonyl (C=O) groups is 3. The molecule has 1 atom stereocenters. The maximum absolute atomic E-state index is 12.9. The van der Waals surface area contributed by atoms with E-state index in [0.29, 0.717) is 19.3 Å². The lowest BCUT2D eigenvalue weighted by Gasteiger charge is -2.18. The first-order valence-electron chi connectivity index (χ1n) is 33.4. The van der Waals surface area contributed by atoms with Crippen molar-refractivity contribution >= 4 is 17.9 Å². The molecule has 0 bridgehead atoms. The molecule has 0 saturated heterocycles. The summed E-state index contributed by atoms with van der Waals surface area (Å²) < 4.78 is 16.9. The number of hydrogen-bond donors (Lipinski definition) is 0. The van der Waals surface area contributed by atoms with Crippen molar-refractivity contribution in [2.75, 3.05) is 13.2 Å². The Morgan fingerprint density at radius 2 is 0.506 bits per heavy atom.